The molecule has 0 saturated heterocycles. The summed E-state index contributed by atoms with van der Waals surface area (Å²) in [5, 5.41) is 6.74. The highest BCUT2D eigenvalue weighted by Crippen LogP contribution is 1.99. The van der Waals surface area contributed by atoms with Crippen LogP contribution in [0.2, 0.25) is 0 Å². The van der Waals surface area contributed by atoms with Gasteiger partial charge >= 0.3 is 0 Å². The lowest BCUT2D eigenvalue weighted by Gasteiger charge is -2.08. The molecule has 1 atom stereocenters. The smallest absolute Gasteiger partial charge is 0.0947 e. The van der Waals surface area contributed by atoms with Crippen LogP contribution in [0.15, 0.2) is 35.2 Å². The Bertz CT molecular complexity index is 291. The Kier molecular flexibility index (Phi) is 5.90. The molecule has 1 unspecified atom stereocenters. The first-order chi connectivity index (χ1) is 7.68. The summed E-state index contributed by atoms with van der Waals surface area (Å²) >= 11 is 0. The van der Waals surface area contributed by atoms with Crippen molar-refractivity contribution in [2.45, 2.75) is 39.4 Å². The standard InChI is InChI=1S/C13H22N2O/c1-11(2)14-7-4-5-12(3)15-9-13-6-8-16-10-13/h4-6,8,10-12,14-15H,7,9H2,1-3H3/b5-4+. The summed E-state index contributed by atoms with van der Waals surface area (Å²) in [6, 6.07) is 2.90. The monoisotopic (exact) mass is 222 g/mol. The molecule has 0 aliphatic rings. The molecule has 1 rings (SSSR count). The number of nitrogens with one attached hydrogen (secondary N) is 2. The van der Waals surface area contributed by atoms with Gasteiger partial charge in [0.2, 0.25) is 0 Å². The van der Waals surface area contributed by atoms with E-state index in [4.69, 9.17) is 4.42 Å². The van der Waals surface area contributed by atoms with Gasteiger partial charge in [-0.05, 0) is 13.0 Å². The second kappa shape index (κ2) is 7.25. The van der Waals surface area contributed by atoms with Crippen molar-refractivity contribution in [3.05, 3.63) is 36.3 Å². The average molecular weight is 222 g/mol. The number of rotatable bonds is 7. The lowest BCUT2D eigenvalue weighted by Crippen LogP contribution is -2.25. The van der Waals surface area contributed by atoms with Gasteiger partial charge in [-0.3, -0.25) is 0 Å². The van der Waals surface area contributed by atoms with Gasteiger partial charge in [0.15, 0.2) is 0 Å². The van der Waals surface area contributed by atoms with Gasteiger partial charge in [0.1, 0.15) is 0 Å². The van der Waals surface area contributed by atoms with Crippen LogP contribution in [0.25, 0.3) is 0 Å². The highest BCUT2D eigenvalue weighted by Gasteiger charge is 1.97. The minimum absolute atomic E-state index is 0.379. The summed E-state index contributed by atoms with van der Waals surface area (Å²) in [7, 11) is 0. The molecule has 0 aliphatic heterocycles. The van der Waals surface area contributed by atoms with Crippen molar-refractivity contribution in [3.8, 4) is 0 Å². The van der Waals surface area contributed by atoms with E-state index in [9.17, 15) is 0 Å². The molecule has 1 heterocycles. The maximum Gasteiger partial charge on any atom is 0.0947 e. The molecular weight excluding hydrogens is 200 g/mol. The zero-order chi connectivity index (χ0) is 11.8. The number of hydrogen-bond donors (Lipinski definition) is 2. The highest BCUT2D eigenvalue weighted by molar-refractivity contribution is 5.05. The third-order valence-electron chi connectivity index (χ3n) is 2.28. The van der Waals surface area contributed by atoms with Crippen molar-refractivity contribution in [3.63, 3.8) is 0 Å². The molecule has 3 nitrogen and oxygen atoms in total. The van der Waals surface area contributed by atoms with E-state index in [1.807, 2.05) is 6.07 Å². The summed E-state index contributed by atoms with van der Waals surface area (Å²) in [5.41, 5.74) is 1.18. The second-order valence-corrected chi connectivity index (χ2v) is 4.29. The Balaban J connectivity index is 2.13. The Morgan fingerprint density at radius 3 is 2.75 bits per heavy atom. The Morgan fingerprint density at radius 2 is 2.12 bits per heavy atom. The Morgan fingerprint density at radius 1 is 1.31 bits per heavy atom. The van der Waals surface area contributed by atoms with Crippen LogP contribution in [-0.4, -0.2) is 18.6 Å². The van der Waals surface area contributed by atoms with Gasteiger partial charge in [0, 0.05) is 30.7 Å². The SMILES string of the molecule is CC(C)NC/C=C/C(C)NCc1ccoc1. The van der Waals surface area contributed by atoms with E-state index in [0.717, 1.165) is 13.1 Å². The largest absolute Gasteiger partial charge is 0.472 e. The van der Waals surface area contributed by atoms with Gasteiger partial charge in [0.25, 0.3) is 0 Å². The summed E-state index contributed by atoms with van der Waals surface area (Å²) in [6.07, 6.45) is 7.80. The van der Waals surface area contributed by atoms with Gasteiger partial charge in [0.05, 0.1) is 12.5 Å². The first kappa shape index (κ1) is 13.0. The van der Waals surface area contributed by atoms with Crippen LogP contribution in [0.4, 0.5) is 0 Å². The fourth-order valence-electron chi connectivity index (χ4n) is 1.32. The zero-order valence-corrected chi connectivity index (χ0v) is 10.4. The van der Waals surface area contributed by atoms with Crippen molar-refractivity contribution in [2.24, 2.45) is 0 Å². The quantitative estimate of drug-likeness (QED) is 0.695. The van der Waals surface area contributed by atoms with Gasteiger partial charge < -0.3 is 15.1 Å². The van der Waals surface area contributed by atoms with Crippen LogP contribution in [-0.2, 0) is 6.54 Å². The van der Waals surface area contributed by atoms with Crippen molar-refractivity contribution in [1.29, 1.82) is 0 Å². The number of furan rings is 1. The molecule has 1 aromatic heterocycles. The fourth-order valence-corrected chi connectivity index (χ4v) is 1.32. The molecule has 0 amide bonds. The molecule has 0 saturated carbocycles. The van der Waals surface area contributed by atoms with Crippen LogP contribution in [0.1, 0.15) is 26.3 Å². The molecule has 16 heavy (non-hydrogen) atoms. The van der Waals surface area contributed by atoms with E-state index < -0.39 is 0 Å². The first-order valence-corrected chi connectivity index (χ1v) is 5.83. The van der Waals surface area contributed by atoms with Gasteiger partial charge in [-0.15, -0.1) is 0 Å². The van der Waals surface area contributed by atoms with E-state index in [-0.39, 0.29) is 0 Å². The molecule has 1 aromatic rings. The van der Waals surface area contributed by atoms with Crippen molar-refractivity contribution in [1.82, 2.24) is 10.6 Å². The lowest BCUT2D eigenvalue weighted by atomic mass is 10.2. The van der Waals surface area contributed by atoms with Gasteiger partial charge in [-0.2, -0.15) is 0 Å². The van der Waals surface area contributed by atoms with Crippen molar-refractivity contribution < 1.29 is 4.42 Å². The molecule has 0 bridgehead atoms. The van der Waals surface area contributed by atoms with E-state index in [1.54, 1.807) is 12.5 Å². The fraction of sp³-hybridized carbons (Fsp3) is 0.538. The molecule has 0 fully saturated rings. The van der Waals surface area contributed by atoms with Crippen LogP contribution >= 0.6 is 0 Å². The minimum Gasteiger partial charge on any atom is -0.472 e. The summed E-state index contributed by atoms with van der Waals surface area (Å²) in [6.45, 7) is 8.21. The molecule has 3 heteroatoms. The molecule has 2 N–H and O–H groups in total. The third kappa shape index (κ3) is 5.73. The second-order valence-electron chi connectivity index (χ2n) is 4.29. The predicted octanol–water partition coefficient (Wildman–Crippen LogP) is 2.31. The number of hydrogen-bond acceptors (Lipinski definition) is 3. The van der Waals surface area contributed by atoms with Crippen LogP contribution in [0, 0.1) is 0 Å². The third-order valence-corrected chi connectivity index (χ3v) is 2.28. The highest BCUT2D eigenvalue weighted by atomic mass is 16.3. The molecule has 0 aliphatic carbocycles. The minimum atomic E-state index is 0.379. The molecular formula is C13H22N2O. The molecule has 0 aromatic carbocycles. The average Bonchev–Trinajstić information content (AvgIpc) is 2.74. The van der Waals surface area contributed by atoms with Crippen LogP contribution in [0.5, 0.6) is 0 Å². The van der Waals surface area contributed by atoms with Gasteiger partial charge in [-0.1, -0.05) is 26.0 Å². The topological polar surface area (TPSA) is 37.2 Å². The zero-order valence-electron chi connectivity index (χ0n) is 10.4. The van der Waals surface area contributed by atoms with E-state index in [0.29, 0.717) is 12.1 Å². The van der Waals surface area contributed by atoms with Crippen LogP contribution < -0.4 is 10.6 Å². The Labute approximate surface area is 97.9 Å². The summed E-state index contributed by atoms with van der Waals surface area (Å²) < 4.78 is 5.00. The summed E-state index contributed by atoms with van der Waals surface area (Å²) in [5.74, 6) is 0. The molecule has 0 radical (unpaired) electrons. The predicted molar refractivity (Wildman–Crippen MR) is 67.3 cm³/mol. The lowest BCUT2D eigenvalue weighted by molar-refractivity contribution is 0.557. The molecule has 0 spiro atoms. The first-order valence-electron chi connectivity index (χ1n) is 5.83. The maximum atomic E-state index is 5.00. The Hall–Kier alpha value is -1.06. The van der Waals surface area contributed by atoms with Crippen LogP contribution in [0.3, 0.4) is 0 Å². The van der Waals surface area contributed by atoms with E-state index in [1.165, 1.54) is 5.56 Å². The van der Waals surface area contributed by atoms with E-state index in [2.05, 4.69) is 43.6 Å². The summed E-state index contributed by atoms with van der Waals surface area (Å²) in [4.78, 5) is 0. The molecule has 90 valence electrons. The maximum absolute atomic E-state index is 5.00. The van der Waals surface area contributed by atoms with Crippen molar-refractivity contribution >= 4 is 0 Å². The van der Waals surface area contributed by atoms with Gasteiger partial charge in [-0.25, -0.2) is 0 Å². The normalized spacial score (nSPS) is 13.8. The van der Waals surface area contributed by atoms with Crippen molar-refractivity contribution in [2.75, 3.05) is 6.54 Å². The van der Waals surface area contributed by atoms with E-state index >= 15 is 0 Å².